The van der Waals surface area contributed by atoms with E-state index in [-0.39, 0.29) is 24.0 Å². The zero-order valence-corrected chi connectivity index (χ0v) is 8.75. The van der Waals surface area contributed by atoms with Gasteiger partial charge in [-0.25, -0.2) is 0 Å². The molecule has 1 rings (SSSR count). The molecule has 0 heterocycles. The highest BCUT2D eigenvalue weighted by Crippen LogP contribution is 2.37. The van der Waals surface area contributed by atoms with E-state index < -0.39 is 0 Å². The molecule has 0 saturated heterocycles. The molecule has 1 atom stereocenters. The van der Waals surface area contributed by atoms with Gasteiger partial charge in [-0.3, -0.25) is 4.79 Å². The summed E-state index contributed by atoms with van der Waals surface area (Å²) in [5.74, 6) is 0.0130. The van der Waals surface area contributed by atoms with Crippen molar-refractivity contribution in [1.29, 1.82) is 0 Å². The Morgan fingerprint density at radius 1 is 1.57 bits per heavy atom. The summed E-state index contributed by atoms with van der Waals surface area (Å²) >= 11 is 0. The number of nitrogens with two attached hydrogens (primary N) is 1. The lowest BCUT2D eigenvalue weighted by Crippen LogP contribution is -2.48. The topological polar surface area (TPSA) is 75.3 Å². The van der Waals surface area contributed by atoms with Crippen LogP contribution in [0, 0.1) is 5.41 Å². The molecule has 1 amide bonds. The highest BCUT2D eigenvalue weighted by molar-refractivity contribution is 5.83. The van der Waals surface area contributed by atoms with Gasteiger partial charge in [0.05, 0.1) is 12.0 Å². The van der Waals surface area contributed by atoms with Gasteiger partial charge in [0.1, 0.15) is 0 Å². The van der Waals surface area contributed by atoms with Crippen molar-refractivity contribution < 1.29 is 9.90 Å². The first-order valence-corrected chi connectivity index (χ1v) is 5.26. The molecule has 4 nitrogen and oxygen atoms in total. The number of rotatable bonds is 4. The monoisotopic (exact) mass is 200 g/mol. The van der Waals surface area contributed by atoms with E-state index in [1.807, 2.05) is 0 Å². The standard InChI is InChI=1S/C10H20N2O2/c1-8(6-13)12-9(14)10(7-11)4-2-3-5-10/h8,13H,2-7,11H2,1H3,(H,12,14)/t8-/m0/s1. The van der Waals surface area contributed by atoms with E-state index in [1.54, 1.807) is 6.92 Å². The van der Waals surface area contributed by atoms with Crippen LogP contribution in [0.25, 0.3) is 0 Å². The fourth-order valence-electron chi connectivity index (χ4n) is 2.00. The van der Waals surface area contributed by atoms with Gasteiger partial charge in [-0.15, -0.1) is 0 Å². The molecule has 4 N–H and O–H groups in total. The summed E-state index contributed by atoms with van der Waals surface area (Å²) in [6, 6.07) is -0.175. The van der Waals surface area contributed by atoms with Crippen LogP contribution in [0.3, 0.4) is 0 Å². The molecular formula is C10H20N2O2. The summed E-state index contributed by atoms with van der Waals surface area (Å²) in [5.41, 5.74) is 5.31. The fourth-order valence-corrected chi connectivity index (χ4v) is 2.00. The Morgan fingerprint density at radius 2 is 2.14 bits per heavy atom. The molecule has 1 aliphatic rings. The second-order valence-corrected chi connectivity index (χ2v) is 4.25. The van der Waals surface area contributed by atoms with E-state index in [9.17, 15) is 4.79 Å². The van der Waals surface area contributed by atoms with Gasteiger partial charge in [0.2, 0.25) is 5.91 Å². The van der Waals surface area contributed by atoms with Crippen LogP contribution >= 0.6 is 0 Å². The normalized spacial score (nSPS) is 21.9. The van der Waals surface area contributed by atoms with Crippen LogP contribution in [-0.4, -0.2) is 30.2 Å². The summed E-state index contributed by atoms with van der Waals surface area (Å²) in [7, 11) is 0. The Morgan fingerprint density at radius 3 is 2.57 bits per heavy atom. The average Bonchev–Trinajstić information content (AvgIpc) is 2.67. The van der Waals surface area contributed by atoms with Crippen LogP contribution in [0.1, 0.15) is 32.6 Å². The van der Waals surface area contributed by atoms with E-state index in [0.717, 1.165) is 25.7 Å². The number of carbonyl (C=O) groups excluding carboxylic acids is 1. The van der Waals surface area contributed by atoms with E-state index >= 15 is 0 Å². The smallest absolute Gasteiger partial charge is 0.227 e. The highest BCUT2D eigenvalue weighted by atomic mass is 16.3. The SMILES string of the molecule is C[C@@H](CO)NC(=O)C1(CN)CCCC1. The van der Waals surface area contributed by atoms with Crippen molar-refractivity contribution in [2.45, 2.75) is 38.6 Å². The highest BCUT2D eigenvalue weighted by Gasteiger charge is 2.39. The van der Waals surface area contributed by atoms with Gasteiger partial charge >= 0.3 is 0 Å². The number of aliphatic hydroxyl groups excluding tert-OH is 1. The van der Waals surface area contributed by atoms with Crippen LogP contribution in [0.15, 0.2) is 0 Å². The van der Waals surface area contributed by atoms with Crippen molar-refractivity contribution in [2.75, 3.05) is 13.2 Å². The lowest BCUT2D eigenvalue weighted by molar-refractivity contribution is -0.131. The maximum Gasteiger partial charge on any atom is 0.227 e. The van der Waals surface area contributed by atoms with Crippen molar-refractivity contribution in [3.63, 3.8) is 0 Å². The predicted octanol–water partition coefficient (Wildman–Crippen LogP) is 0.00250. The third-order valence-electron chi connectivity index (χ3n) is 3.08. The summed E-state index contributed by atoms with van der Waals surface area (Å²) in [5, 5.41) is 11.6. The predicted molar refractivity (Wildman–Crippen MR) is 54.6 cm³/mol. The van der Waals surface area contributed by atoms with Crippen LogP contribution in [0.4, 0.5) is 0 Å². The molecular weight excluding hydrogens is 180 g/mol. The van der Waals surface area contributed by atoms with Crippen LogP contribution < -0.4 is 11.1 Å². The molecule has 0 aliphatic heterocycles. The minimum atomic E-state index is -0.358. The fraction of sp³-hybridized carbons (Fsp3) is 0.900. The van der Waals surface area contributed by atoms with Gasteiger partial charge in [-0.2, -0.15) is 0 Å². The van der Waals surface area contributed by atoms with Crippen molar-refractivity contribution in [3.05, 3.63) is 0 Å². The Labute approximate surface area is 84.9 Å². The molecule has 0 radical (unpaired) electrons. The Bertz CT molecular complexity index is 200. The Hall–Kier alpha value is -0.610. The number of amides is 1. The third kappa shape index (κ3) is 2.25. The van der Waals surface area contributed by atoms with Gasteiger partial charge in [-0.05, 0) is 19.8 Å². The second kappa shape index (κ2) is 4.75. The van der Waals surface area contributed by atoms with Crippen LogP contribution in [0.2, 0.25) is 0 Å². The molecule has 0 aromatic carbocycles. The van der Waals surface area contributed by atoms with E-state index in [0.29, 0.717) is 6.54 Å². The van der Waals surface area contributed by atoms with E-state index in [4.69, 9.17) is 10.8 Å². The first kappa shape index (κ1) is 11.5. The molecule has 82 valence electrons. The van der Waals surface area contributed by atoms with E-state index in [1.165, 1.54) is 0 Å². The lowest BCUT2D eigenvalue weighted by Gasteiger charge is -2.27. The number of hydrogen-bond acceptors (Lipinski definition) is 3. The van der Waals surface area contributed by atoms with Gasteiger partial charge in [0, 0.05) is 12.6 Å². The third-order valence-corrected chi connectivity index (χ3v) is 3.08. The number of nitrogens with one attached hydrogen (secondary N) is 1. The molecule has 1 fully saturated rings. The lowest BCUT2D eigenvalue weighted by atomic mass is 9.85. The molecule has 1 aliphatic carbocycles. The first-order valence-electron chi connectivity index (χ1n) is 5.26. The molecule has 0 spiro atoms. The molecule has 0 aromatic heterocycles. The molecule has 14 heavy (non-hydrogen) atoms. The Kier molecular flexibility index (Phi) is 3.89. The van der Waals surface area contributed by atoms with Crippen molar-refractivity contribution in [2.24, 2.45) is 11.1 Å². The number of hydrogen-bond donors (Lipinski definition) is 3. The maximum absolute atomic E-state index is 11.9. The van der Waals surface area contributed by atoms with Crippen molar-refractivity contribution in [3.8, 4) is 0 Å². The van der Waals surface area contributed by atoms with Gasteiger partial charge in [-0.1, -0.05) is 12.8 Å². The van der Waals surface area contributed by atoms with Gasteiger partial charge in [0.15, 0.2) is 0 Å². The zero-order chi connectivity index (χ0) is 10.6. The second-order valence-electron chi connectivity index (χ2n) is 4.25. The minimum Gasteiger partial charge on any atom is -0.394 e. The van der Waals surface area contributed by atoms with Crippen molar-refractivity contribution >= 4 is 5.91 Å². The molecule has 4 heteroatoms. The first-order chi connectivity index (χ1) is 6.64. The average molecular weight is 200 g/mol. The van der Waals surface area contributed by atoms with Gasteiger partial charge in [0.25, 0.3) is 0 Å². The molecule has 0 aromatic rings. The number of carbonyl (C=O) groups is 1. The van der Waals surface area contributed by atoms with Gasteiger partial charge < -0.3 is 16.2 Å². The maximum atomic E-state index is 11.9. The molecule has 1 saturated carbocycles. The quantitative estimate of drug-likeness (QED) is 0.598. The number of aliphatic hydroxyl groups is 1. The summed E-state index contributed by atoms with van der Waals surface area (Å²) in [6.07, 6.45) is 3.93. The van der Waals surface area contributed by atoms with Crippen LogP contribution in [0.5, 0.6) is 0 Å². The summed E-state index contributed by atoms with van der Waals surface area (Å²) < 4.78 is 0. The van der Waals surface area contributed by atoms with E-state index in [2.05, 4.69) is 5.32 Å². The summed E-state index contributed by atoms with van der Waals surface area (Å²) in [4.78, 5) is 11.9. The molecule has 0 unspecified atom stereocenters. The summed E-state index contributed by atoms with van der Waals surface area (Å²) in [6.45, 7) is 2.18. The van der Waals surface area contributed by atoms with Crippen LogP contribution in [-0.2, 0) is 4.79 Å². The minimum absolute atomic E-state index is 0.0130. The Balaban J connectivity index is 2.56. The largest absolute Gasteiger partial charge is 0.394 e. The van der Waals surface area contributed by atoms with Crippen molar-refractivity contribution in [1.82, 2.24) is 5.32 Å². The zero-order valence-electron chi connectivity index (χ0n) is 8.75. The molecule has 0 bridgehead atoms.